The van der Waals surface area contributed by atoms with Crippen molar-refractivity contribution < 1.29 is 4.39 Å². The minimum Gasteiger partial charge on any atom is -0.327 e. The molecule has 1 atom stereocenters. The van der Waals surface area contributed by atoms with Gasteiger partial charge in [0.25, 0.3) is 0 Å². The van der Waals surface area contributed by atoms with E-state index in [9.17, 15) is 4.39 Å². The van der Waals surface area contributed by atoms with Gasteiger partial charge in [-0.1, -0.05) is 31.9 Å². The van der Waals surface area contributed by atoms with Crippen molar-refractivity contribution in [3.05, 3.63) is 35.6 Å². The molecule has 1 saturated carbocycles. The Hall–Kier alpha value is -0.890. The van der Waals surface area contributed by atoms with Gasteiger partial charge in [-0.25, -0.2) is 4.39 Å². The SMILES string of the molecule is CC1(C(N)Cc2cccc(F)c2)CCCC1. The van der Waals surface area contributed by atoms with Gasteiger partial charge in [0, 0.05) is 6.04 Å². The minimum absolute atomic E-state index is 0.150. The summed E-state index contributed by atoms with van der Waals surface area (Å²) in [6.07, 6.45) is 5.78. The Labute approximate surface area is 96.9 Å². The maximum absolute atomic E-state index is 13.0. The lowest BCUT2D eigenvalue weighted by molar-refractivity contribution is 0.260. The summed E-state index contributed by atoms with van der Waals surface area (Å²) in [4.78, 5) is 0. The summed E-state index contributed by atoms with van der Waals surface area (Å²) in [5.74, 6) is -0.165. The molecule has 1 nitrogen and oxygen atoms in total. The highest BCUT2D eigenvalue weighted by Crippen LogP contribution is 2.40. The van der Waals surface area contributed by atoms with E-state index in [0.29, 0.717) is 0 Å². The second kappa shape index (κ2) is 4.54. The molecule has 0 radical (unpaired) electrons. The second-order valence-electron chi connectivity index (χ2n) is 5.30. The van der Waals surface area contributed by atoms with E-state index < -0.39 is 0 Å². The van der Waals surface area contributed by atoms with Crippen molar-refractivity contribution in [2.45, 2.75) is 45.1 Å². The molecule has 2 N–H and O–H groups in total. The van der Waals surface area contributed by atoms with E-state index in [1.54, 1.807) is 12.1 Å². The van der Waals surface area contributed by atoms with Gasteiger partial charge in [0.1, 0.15) is 5.82 Å². The topological polar surface area (TPSA) is 26.0 Å². The zero-order valence-electron chi connectivity index (χ0n) is 9.88. The van der Waals surface area contributed by atoms with Crippen molar-refractivity contribution in [3.8, 4) is 0 Å². The smallest absolute Gasteiger partial charge is 0.123 e. The highest BCUT2D eigenvalue weighted by atomic mass is 19.1. The normalized spacial score (nSPS) is 20.9. The second-order valence-corrected chi connectivity index (χ2v) is 5.30. The van der Waals surface area contributed by atoms with E-state index >= 15 is 0 Å². The van der Waals surface area contributed by atoms with Crippen molar-refractivity contribution in [3.63, 3.8) is 0 Å². The Bertz CT molecular complexity index is 356. The predicted molar refractivity (Wildman–Crippen MR) is 64.7 cm³/mol. The summed E-state index contributed by atoms with van der Waals surface area (Å²) in [7, 11) is 0. The highest BCUT2D eigenvalue weighted by Gasteiger charge is 2.34. The van der Waals surface area contributed by atoms with E-state index in [-0.39, 0.29) is 17.3 Å². The van der Waals surface area contributed by atoms with Gasteiger partial charge in [-0.15, -0.1) is 0 Å². The molecular weight excluding hydrogens is 201 g/mol. The summed E-state index contributed by atoms with van der Waals surface area (Å²) in [5.41, 5.74) is 7.54. The first-order valence-corrected chi connectivity index (χ1v) is 6.10. The van der Waals surface area contributed by atoms with Gasteiger partial charge < -0.3 is 5.73 Å². The maximum Gasteiger partial charge on any atom is 0.123 e. The molecule has 1 aliphatic rings. The van der Waals surface area contributed by atoms with Gasteiger partial charge in [0.2, 0.25) is 0 Å². The number of hydrogen-bond acceptors (Lipinski definition) is 1. The molecule has 0 aromatic heterocycles. The van der Waals surface area contributed by atoms with Gasteiger partial charge in [0.05, 0.1) is 0 Å². The lowest BCUT2D eigenvalue weighted by atomic mass is 9.78. The van der Waals surface area contributed by atoms with Crippen LogP contribution in [0.1, 0.15) is 38.2 Å². The van der Waals surface area contributed by atoms with Crippen LogP contribution in [0.5, 0.6) is 0 Å². The molecule has 2 rings (SSSR count). The molecular formula is C14H20FN. The van der Waals surface area contributed by atoms with Gasteiger partial charge in [-0.3, -0.25) is 0 Å². The molecule has 0 spiro atoms. The maximum atomic E-state index is 13.0. The van der Waals surface area contributed by atoms with Crippen LogP contribution in [-0.2, 0) is 6.42 Å². The van der Waals surface area contributed by atoms with E-state index in [0.717, 1.165) is 12.0 Å². The van der Waals surface area contributed by atoms with Crippen molar-refractivity contribution in [1.82, 2.24) is 0 Å². The highest BCUT2D eigenvalue weighted by molar-refractivity contribution is 5.18. The van der Waals surface area contributed by atoms with Crippen LogP contribution in [0, 0.1) is 11.2 Å². The van der Waals surface area contributed by atoms with Gasteiger partial charge in [0.15, 0.2) is 0 Å². The van der Waals surface area contributed by atoms with Gasteiger partial charge in [-0.2, -0.15) is 0 Å². The Morgan fingerprint density at radius 2 is 2.06 bits per heavy atom. The summed E-state index contributed by atoms with van der Waals surface area (Å²) < 4.78 is 13.0. The molecule has 16 heavy (non-hydrogen) atoms. The molecule has 0 aliphatic heterocycles. The number of halogens is 1. The summed E-state index contributed by atoms with van der Waals surface area (Å²) in [6.45, 7) is 2.27. The quantitative estimate of drug-likeness (QED) is 0.833. The number of nitrogens with two attached hydrogens (primary N) is 1. The molecule has 1 unspecified atom stereocenters. The third-order valence-corrected chi connectivity index (χ3v) is 3.99. The van der Waals surface area contributed by atoms with E-state index in [2.05, 4.69) is 6.92 Å². The van der Waals surface area contributed by atoms with Crippen LogP contribution in [0.25, 0.3) is 0 Å². The summed E-state index contributed by atoms with van der Waals surface area (Å²) in [6, 6.07) is 6.94. The molecule has 1 aromatic carbocycles. The van der Waals surface area contributed by atoms with Crippen LogP contribution >= 0.6 is 0 Å². The zero-order chi connectivity index (χ0) is 11.6. The number of hydrogen-bond donors (Lipinski definition) is 1. The zero-order valence-corrected chi connectivity index (χ0v) is 9.88. The van der Waals surface area contributed by atoms with E-state index in [1.807, 2.05) is 6.07 Å². The Morgan fingerprint density at radius 1 is 1.38 bits per heavy atom. The van der Waals surface area contributed by atoms with Crippen LogP contribution < -0.4 is 5.73 Å². The van der Waals surface area contributed by atoms with E-state index in [1.165, 1.54) is 31.7 Å². The molecule has 0 saturated heterocycles. The third-order valence-electron chi connectivity index (χ3n) is 3.99. The van der Waals surface area contributed by atoms with Crippen LogP contribution in [0.4, 0.5) is 4.39 Å². The van der Waals surface area contributed by atoms with Crippen LogP contribution in [0.2, 0.25) is 0 Å². The van der Waals surface area contributed by atoms with Gasteiger partial charge >= 0.3 is 0 Å². The molecule has 0 bridgehead atoms. The molecule has 0 heterocycles. The minimum atomic E-state index is -0.165. The Balaban J connectivity index is 2.04. The fraction of sp³-hybridized carbons (Fsp3) is 0.571. The van der Waals surface area contributed by atoms with Crippen molar-refractivity contribution in [2.75, 3.05) is 0 Å². The van der Waals surface area contributed by atoms with Gasteiger partial charge in [-0.05, 0) is 42.4 Å². The largest absolute Gasteiger partial charge is 0.327 e. The molecule has 1 aromatic rings. The monoisotopic (exact) mass is 221 g/mol. The first-order valence-electron chi connectivity index (χ1n) is 6.10. The molecule has 88 valence electrons. The molecule has 0 amide bonds. The van der Waals surface area contributed by atoms with Crippen molar-refractivity contribution in [2.24, 2.45) is 11.1 Å². The van der Waals surface area contributed by atoms with Crippen LogP contribution in [-0.4, -0.2) is 6.04 Å². The third kappa shape index (κ3) is 2.43. The first kappa shape index (κ1) is 11.6. The molecule has 2 heteroatoms. The lowest BCUT2D eigenvalue weighted by Crippen LogP contribution is -2.39. The summed E-state index contributed by atoms with van der Waals surface area (Å²) >= 11 is 0. The summed E-state index contributed by atoms with van der Waals surface area (Å²) in [5, 5.41) is 0. The molecule has 1 aliphatic carbocycles. The molecule has 1 fully saturated rings. The van der Waals surface area contributed by atoms with Crippen LogP contribution in [0.15, 0.2) is 24.3 Å². The average Bonchev–Trinajstić information content (AvgIpc) is 2.66. The standard InChI is InChI=1S/C14H20FN/c1-14(7-2-3-8-14)13(16)10-11-5-4-6-12(15)9-11/h4-6,9,13H,2-3,7-8,10,16H2,1H3. The van der Waals surface area contributed by atoms with E-state index in [4.69, 9.17) is 5.73 Å². The predicted octanol–water partition coefficient (Wildman–Crippen LogP) is 3.28. The number of benzene rings is 1. The fourth-order valence-electron chi connectivity index (χ4n) is 2.72. The number of rotatable bonds is 3. The van der Waals surface area contributed by atoms with Crippen LogP contribution in [0.3, 0.4) is 0 Å². The lowest BCUT2D eigenvalue weighted by Gasteiger charge is -2.31. The first-order chi connectivity index (χ1) is 7.60. The Morgan fingerprint density at radius 3 is 2.69 bits per heavy atom. The van der Waals surface area contributed by atoms with Crippen molar-refractivity contribution in [1.29, 1.82) is 0 Å². The fourth-order valence-corrected chi connectivity index (χ4v) is 2.72. The average molecular weight is 221 g/mol. The van der Waals surface area contributed by atoms with Crippen molar-refractivity contribution >= 4 is 0 Å². The Kier molecular flexibility index (Phi) is 3.29.